The first-order valence-corrected chi connectivity index (χ1v) is 7.27. The van der Waals surface area contributed by atoms with Crippen LogP contribution in [0, 0.1) is 11.8 Å². The van der Waals surface area contributed by atoms with Crippen LogP contribution >= 0.6 is 0 Å². The smallest absolute Gasteiger partial charge is 0.274 e. The van der Waals surface area contributed by atoms with Crippen LogP contribution in [0.3, 0.4) is 0 Å². The fraction of sp³-hybridized carbons (Fsp3) is 0.235. The maximum absolute atomic E-state index is 11.9. The molecule has 3 N–H and O–H groups in total. The summed E-state index contributed by atoms with van der Waals surface area (Å²) in [6.45, 7) is 0.196. The van der Waals surface area contributed by atoms with E-state index in [9.17, 15) is 9.59 Å². The molecular formula is C17H15N3O3. The lowest BCUT2D eigenvalue weighted by Gasteiger charge is -1.96. The minimum atomic E-state index is -0.477. The Morgan fingerprint density at radius 3 is 2.70 bits per heavy atom. The molecule has 23 heavy (non-hydrogen) atoms. The van der Waals surface area contributed by atoms with Gasteiger partial charge < -0.3 is 15.6 Å². The third-order valence-electron chi connectivity index (χ3n) is 3.48. The van der Waals surface area contributed by atoms with Gasteiger partial charge in [0, 0.05) is 23.1 Å². The Labute approximate surface area is 133 Å². The molecule has 1 aromatic heterocycles. The number of benzene rings is 1. The summed E-state index contributed by atoms with van der Waals surface area (Å²) in [5.74, 6) is 6.14. The molecule has 1 aliphatic rings. The Kier molecular flexibility index (Phi) is 4.11. The lowest BCUT2D eigenvalue weighted by Crippen LogP contribution is -2.23. The van der Waals surface area contributed by atoms with Gasteiger partial charge in [-0.3, -0.25) is 9.59 Å². The number of amides is 2. The number of rotatable bonds is 4. The van der Waals surface area contributed by atoms with Crippen molar-refractivity contribution in [3.63, 3.8) is 0 Å². The molecule has 2 amide bonds. The quantitative estimate of drug-likeness (QED) is 0.835. The topological polar surface area (TPSA) is 98.2 Å². The van der Waals surface area contributed by atoms with E-state index in [1.165, 1.54) is 0 Å². The lowest BCUT2D eigenvalue weighted by atomic mass is 10.1. The summed E-state index contributed by atoms with van der Waals surface area (Å²) >= 11 is 0. The van der Waals surface area contributed by atoms with Crippen LogP contribution in [-0.2, 0) is 0 Å². The van der Waals surface area contributed by atoms with Gasteiger partial charge in [0.1, 0.15) is 5.76 Å². The summed E-state index contributed by atoms with van der Waals surface area (Å²) in [7, 11) is 0. The number of primary amides is 1. The highest BCUT2D eigenvalue weighted by Crippen LogP contribution is 2.40. The molecule has 3 rings (SSSR count). The number of nitrogens with two attached hydrogens (primary N) is 1. The molecule has 6 heteroatoms. The summed E-state index contributed by atoms with van der Waals surface area (Å²) in [5.41, 5.74) is 6.61. The van der Waals surface area contributed by atoms with Crippen molar-refractivity contribution in [1.82, 2.24) is 10.5 Å². The van der Waals surface area contributed by atoms with E-state index in [1.807, 2.05) is 0 Å². The van der Waals surface area contributed by atoms with Crippen LogP contribution in [0.25, 0.3) is 0 Å². The van der Waals surface area contributed by atoms with Gasteiger partial charge in [0.15, 0.2) is 5.69 Å². The molecule has 0 unspecified atom stereocenters. The van der Waals surface area contributed by atoms with E-state index < -0.39 is 5.91 Å². The van der Waals surface area contributed by atoms with Crippen LogP contribution in [0.4, 0.5) is 0 Å². The Morgan fingerprint density at radius 2 is 2.04 bits per heavy atom. The molecule has 0 aliphatic heterocycles. The molecule has 0 spiro atoms. The molecule has 1 aliphatic carbocycles. The molecule has 0 bridgehead atoms. The van der Waals surface area contributed by atoms with E-state index in [0.29, 0.717) is 11.5 Å². The average molecular weight is 309 g/mol. The van der Waals surface area contributed by atoms with Crippen molar-refractivity contribution in [1.29, 1.82) is 0 Å². The van der Waals surface area contributed by atoms with Gasteiger partial charge >= 0.3 is 0 Å². The van der Waals surface area contributed by atoms with Gasteiger partial charge in [0.05, 0.1) is 6.54 Å². The van der Waals surface area contributed by atoms with Gasteiger partial charge in [0.2, 0.25) is 5.91 Å². The van der Waals surface area contributed by atoms with Crippen LogP contribution in [0.15, 0.2) is 34.9 Å². The van der Waals surface area contributed by atoms with Crippen molar-refractivity contribution >= 4 is 11.8 Å². The third kappa shape index (κ3) is 3.77. The monoisotopic (exact) mass is 309 g/mol. The van der Waals surface area contributed by atoms with Gasteiger partial charge in [0.25, 0.3) is 5.91 Å². The highest BCUT2D eigenvalue weighted by molar-refractivity contribution is 5.93. The SMILES string of the molecule is NC(=O)c1ccc(C#CCNC(=O)c2cc(C3CC3)on2)cc1. The second-order valence-corrected chi connectivity index (χ2v) is 5.31. The molecule has 1 saturated carbocycles. The first kappa shape index (κ1) is 14.9. The summed E-state index contributed by atoms with van der Waals surface area (Å²) in [5, 5.41) is 6.42. The Morgan fingerprint density at radius 1 is 1.30 bits per heavy atom. The second kappa shape index (κ2) is 6.36. The second-order valence-electron chi connectivity index (χ2n) is 5.31. The zero-order valence-electron chi connectivity index (χ0n) is 12.3. The highest BCUT2D eigenvalue weighted by Gasteiger charge is 2.28. The van der Waals surface area contributed by atoms with Crippen LogP contribution < -0.4 is 11.1 Å². The summed E-state index contributed by atoms with van der Waals surface area (Å²) < 4.78 is 5.13. The van der Waals surface area contributed by atoms with Gasteiger partial charge in [-0.2, -0.15) is 0 Å². The van der Waals surface area contributed by atoms with Crippen molar-refractivity contribution in [2.45, 2.75) is 18.8 Å². The molecule has 1 heterocycles. The van der Waals surface area contributed by atoms with Crippen molar-refractivity contribution in [3.8, 4) is 11.8 Å². The molecule has 116 valence electrons. The van der Waals surface area contributed by atoms with E-state index in [4.69, 9.17) is 10.3 Å². The normalized spacial score (nSPS) is 13.0. The lowest BCUT2D eigenvalue weighted by molar-refractivity contribution is 0.0948. The van der Waals surface area contributed by atoms with E-state index >= 15 is 0 Å². The number of carbonyl (C=O) groups excluding carboxylic acids is 2. The first-order valence-electron chi connectivity index (χ1n) is 7.27. The van der Waals surface area contributed by atoms with Crippen LogP contribution in [0.1, 0.15) is 50.9 Å². The van der Waals surface area contributed by atoms with Gasteiger partial charge in [-0.05, 0) is 37.1 Å². The number of carbonyl (C=O) groups is 2. The van der Waals surface area contributed by atoms with E-state index in [0.717, 1.165) is 24.2 Å². The number of hydrogen-bond acceptors (Lipinski definition) is 4. The van der Waals surface area contributed by atoms with Crippen molar-refractivity contribution < 1.29 is 14.1 Å². The van der Waals surface area contributed by atoms with Crippen LogP contribution in [-0.4, -0.2) is 23.5 Å². The Balaban J connectivity index is 1.52. The summed E-state index contributed by atoms with van der Waals surface area (Å²) in [4.78, 5) is 22.8. The highest BCUT2D eigenvalue weighted by atomic mass is 16.5. The number of hydrogen-bond donors (Lipinski definition) is 2. The zero-order valence-corrected chi connectivity index (χ0v) is 12.3. The molecule has 1 aromatic carbocycles. The zero-order chi connectivity index (χ0) is 16.2. The minimum Gasteiger partial charge on any atom is -0.366 e. The average Bonchev–Trinajstić information content (AvgIpc) is 3.29. The fourth-order valence-corrected chi connectivity index (χ4v) is 2.04. The minimum absolute atomic E-state index is 0.196. The largest absolute Gasteiger partial charge is 0.366 e. The molecule has 0 atom stereocenters. The number of nitrogens with zero attached hydrogens (tertiary/aromatic N) is 1. The Bertz CT molecular complexity index is 792. The van der Waals surface area contributed by atoms with Crippen molar-refractivity contribution in [2.24, 2.45) is 5.73 Å². The number of aromatic nitrogens is 1. The van der Waals surface area contributed by atoms with E-state index in [-0.39, 0.29) is 18.1 Å². The van der Waals surface area contributed by atoms with Gasteiger partial charge in [-0.1, -0.05) is 17.0 Å². The number of nitrogens with one attached hydrogen (secondary N) is 1. The first-order chi connectivity index (χ1) is 11.1. The van der Waals surface area contributed by atoms with E-state index in [1.54, 1.807) is 30.3 Å². The molecule has 0 saturated heterocycles. The maximum atomic E-state index is 11.9. The molecule has 6 nitrogen and oxygen atoms in total. The molecule has 1 fully saturated rings. The molecular weight excluding hydrogens is 294 g/mol. The third-order valence-corrected chi connectivity index (χ3v) is 3.48. The van der Waals surface area contributed by atoms with Crippen LogP contribution in [0.2, 0.25) is 0 Å². The van der Waals surface area contributed by atoms with Crippen molar-refractivity contribution in [2.75, 3.05) is 6.54 Å². The predicted octanol–water partition coefficient (Wildman–Crippen LogP) is 1.43. The van der Waals surface area contributed by atoms with Gasteiger partial charge in [-0.25, -0.2) is 0 Å². The van der Waals surface area contributed by atoms with Crippen LogP contribution in [0.5, 0.6) is 0 Å². The van der Waals surface area contributed by atoms with E-state index in [2.05, 4.69) is 22.3 Å². The molecule has 0 radical (unpaired) electrons. The maximum Gasteiger partial charge on any atom is 0.274 e. The fourth-order valence-electron chi connectivity index (χ4n) is 2.04. The standard InChI is InChI=1S/C17H15N3O3/c18-16(21)13-5-3-11(4-6-13)2-1-9-19-17(22)14-10-15(23-20-14)12-7-8-12/h3-6,10,12H,7-9H2,(H2,18,21)(H,19,22). The summed E-state index contributed by atoms with van der Waals surface area (Å²) in [6, 6.07) is 8.31. The summed E-state index contributed by atoms with van der Waals surface area (Å²) in [6.07, 6.45) is 2.19. The molecule has 2 aromatic rings. The predicted molar refractivity (Wildman–Crippen MR) is 82.6 cm³/mol. The Hall–Kier alpha value is -3.07. The van der Waals surface area contributed by atoms with Crippen molar-refractivity contribution in [3.05, 3.63) is 52.9 Å². The van der Waals surface area contributed by atoms with Gasteiger partial charge in [-0.15, -0.1) is 0 Å².